The second kappa shape index (κ2) is 6.81. The Hall–Kier alpha value is -2.47. The van der Waals surface area contributed by atoms with Crippen LogP contribution in [0.3, 0.4) is 0 Å². The van der Waals surface area contributed by atoms with Crippen molar-refractivity contribution in [3.8, 4) is 11.5 Å². The van der Waals surface area contributed by atoms with E-state index in [4.69, 9.17) is 21.1 Å². The molecule has 1 aromatic carbocycles. The SMILES string of the molecule is COc1ccc(NC(=O)Nc2cc(Cl)ccn2)cc1OC. The molecule has 21 heavy (non-hydrogen) atoms. The van der Waals surface area contributed by atoms with E-state index in [2.05, 4.69) is 15.6 Å². The average molecular weight is 308 g/mol. The predicted octanol–water partition coefficient (Wildman–Crippen LogP) is 3.40. The first-order chi connectivity index (χ1) is 10.1. The highest BCUT2D eigenvalue weighted by atomic mass is 35.5. The first-order valence-electron chi connectivity index (χ1n) is 6.04. The van der Waals surface area contributed by atoms with Gasteiger partial charge in [-0.3, -0.25) is 5.32 Å². The molecule has 2 aromatic rings. The third-order valence-corrected chi connectivity index (χ3v) is 2.84. The standard InChI is InChI=1S/C14H14ClN3O3/c1-20-11-4-3-10(8-12(11)21-2)17-14(19)18-13-7-9(15)5-6-16-13/h3-8H,1-2H3,(H2,16,17,18,19). The van der Waals surface area contributed by atoms with Crippen LogP contribution in [0.1, 0.15) is 0 Å². The zero-order valence-electron chi connectivity index (χ0n) is 11.5. The number of urea groups is 1. The summed E-state index contributed by atoms with van der Waals surface area (Å²) < 4.78 is 10.3. The van der Waals surface area contributed by atoms with Crippen LogP contribution in [0, 0.1) is 0 Å². The maximum atomic E-state index is 11.9. The molecule has 0 spiro atoms. The summed E-state index contributed by atoms with van der Waals surface area (Å²) in [6.07, 6.45) is 1.51. The summed E-state index contributed by atoms with van der Waals surface area (Å²) in [6.45, 7) is 0. The number of aromatic nitrogens is 1. The Bertz CT molecular complexity index is 649. The van der Waals surface area contributed by atoms with Gasteiger partial charge in [-0.05, 0) is 24.3 Å². The summed E-state index contributed by atoms with van der Waals surface area (Å²) in [4.78, 5) is 15.9. The van der Waals surface area contributed by atoms with E-state index in [9.17, 15) is 4.79 Å². The zero-order valence-corrected chi connectivity index (χ0v) is 12.3. The lowest BCUT2D eigenvalue weighted by atomic mass is 10.3. The number of methoxy groups -OCH3 is 2. The molecule has 2 amide bonds. The van der Waals surface area contributed by atoms with E-state index in [1.54, 1.807) is 37.4 Å². The summed E-state index contributed by atoms with van der Waals surface area (Å²) in [7, 11) is 3.07. The second-order valence-corrected chi connectivity index (χ2v) is 4.44. The Morgan fingerprint density at radius 1 is 1.10 bits per heavy atom. The maximum absolute atomic E-state index is 11.9. The van der Waals surface area contributed by atoms with Crippen LogP contribution >= 0.6 is 11.6 Å². The molecule has 0 saturated heterocycles. The van der Waals surface area contributed by atoms with Crippen molar-refractivity contribution in [3.05, 3.63) is 41.6 Å². The third-order valence-electron chi connectivity index (χ3n) is 2.60. The number of halogens is 1. The molecule has 0 atom stereocenters. The van der Waals surface area contributed by atoms with E-state index in [-0.39, 0.29) is 0 Å². The van der Waals surface area contributed by atoms with Crippen LogP contribution in [-0.2, 0) is 0 Å². The highest BCUT2D eigenvalue weighted by molar-refractivity contribution is 6.30. The number of rotatable bonds is 4. The zero-order chi connectivity index (χ0) is 15.2. The number of hydrogen-bond donors (Lipinski definition) is 2. The first kappa shape index (κ1) is 14.9. The van der Waals surface area contributed by atoms with Crippen molar-refractivity contribution in [1.82, 2.24) is 4.98 Å². The molecule has 0 bridgehead atoms. The van der Waals surface area contributed by atoms with Crippen molar-refractivity contribution in [3.63, 3.8) is 0 Å². The molecule has 0 aliphatic carbocycles. The minimum absolute atomic E-state index is 0.362. The number of pyridine rings is 1. The minimum Gasteiger partial charge on any atom is -0.493 e. The first-order valence-corrected chi connectivity index (χ1v) is 6.42. The van der Waals surface area contributed by atoms with Gasteiger partial charge in [0.05, 0.1) is 14.2 Å². The van der Waals surface area contributed by atoms with Crippen LogP contribution in [0.5, 0.6) is 11.5 Å². The van der Waals surface area contributed by atoms with Gasteiger partial charge in [0.1, 0.15) is 5.82 Å². The summed E-state index contributed by atoms with van der Waals surface area (Å²) in [5.41, 5.74) is 0.562. The Balaban J connectivity index is 2.06. The smallest absolute Gasteiger partial charge is 0.324 e. The summed E-state index contributed by atoms with van der Waals surface area (Å²) in [5.74, 6) is 1.47. The fourth-order valence-electron chi connectivity index (χ4n) is 1.67. The van der Waals surface area contributed by atoms with Gasteiger partial charge in [0.25, 0.3) is 0 Å². The lowest BCUT2D eigenvalue weighted by Gasteiger charge is -2.11. The highest BCUT2D eigenvalue weighted by Gasteiger charge is 2.08. The van der Waals surface area contributed by atoms with E-state index >= 15 is 0 Å². The van der Waals surface area contributed by atoms with Gasteiger partial charge in [0.15, 0.2) is 11.5 Å². The fraction of sp³-hybridized carbons (Fsp3) is 0.143. The van der Waals surface area contributed by atoms with Gasteiger partial charge in [-0.1, -0.05) is 11.6 Å². The molecular formula is C14H14ClN3O3. The van der Waals surface area contributed by atoms with Crippen molar-refractivity contribution >= 4 is 29.1 Å². The third kappa shape index (κ3) is 4.00. The van der Waals surface area contributed by atoms with Gasteiger partial charge in [-0.2, -0.15) is 0 Å². The summed E-state index contributed by atoms with van der Waals surface area (Å²) in [5, 5.41) is 5.74. The number of carbonyl (C=O) groups excluding carboxylic acids is 1. The van der Waals surface area contributed by atoms with Gasteiger partial charge in [-0.25, -0.2) is 9.78 Å². The second-order valence-electron chi connectivity index (χ2n) is 4.01. The lowest BCUT2D eigenvalue weighted by molar-refractivity contribution is 0.262. The van der Waals surface area contributed by atoms with Crippen LogP contribution < -0.4 is 20.1 Å². The van der Waals surface area contributed by atoms with Crippen LogP contribution in [-0.4, -0.2) is 25.2 Å². The Morgan fingerprint density at radius 3 is 2.52 bits per heavy atom. The van der Waals surface area contributed by atoms with Crippen molar-refractivity contribution < 1.29 is 14.3 Å². The Labute approximate surface area is 127 Å². The van der Waals surface area contributed by atoms with Gasteiger partial charge >= 0.3 is 6.03 Å². The molecule has 0 saturated carbocycles. The van der Waals surface area contributed by atoms with E-state index in [0.717, 1.165) is 0 Å². The minimum atomic E-state index is -0.433. The number of carbonyl (C=O) groups is 1. The maximum Gasteiger partial charge on any atom is 0.324 e. The molecule has 7 heteroatoms. The number of amides is 2. The number of benzene rings is 1. The Kier molecular flexibility index (Phi) is 4.84. The van der Waals surface area contributed by atoms with Gasteiger partial charge in [0.2, 0.25) is 0 Å². The van der Waals surface area contributed by atoms with Crippen LogP contribution in [0.25, 0.3) is 0 Å². The van der Waals surface area contributed by atoms with Crippen molar-refractivity contribution in [2.45, 2.75) is 0 Å². The molecule has 1 aromatic heterocycles. The van der Waals surface area contributed by atoms with Gasteiger partial charge in [-0.15, -0.1) is 0 Å². The highest BCUT2D eigenvalue weighted by Crippen LogP contribution is 2.29. The molecule has 0 aliphatic rings. The lowest BCUT2D eigenvalue weighted by Crippen LogP contribution is -2.20. The average Bonchev–Trinajstić information content (AvgIpc) is 2.47. The van der Waals surface area contributed by atoms with E-state index in [1.165, 1.54) is 13.3 Å². The van der Waals surface area contributed by atoms with Gasteiger partial charge in [0, 0.05) is 23.0 Å². The number of ether oxygens (including phenoxy) is 2. The normalized spacial score (nSPS) is 9.86. The summed E-state index contributed by atoms with van der Waals surface area (Å²) >= 11 is 5.82. The molecule has 1 heterocycles. The van der Waals surface area contributed by atoms with Crippen molar-refractivity contribution in [2.75, 3.05) is 24.9 Å². The largest absolute Gasteiger partial charge is 0.493 e. The molecule has 2 N–H and O–H groups in total. The number of hydrogen-bond acceptors (Lipinski definition) is 4. The van der Waals surface area contributed by atoms with Gasteiger partial charge < -0.3 is 14.8 Å². The van der Waals surface area contributed by atoms with Crippen molar-refractivity contribution in [2.24, 2.45) is 0 Å². The van der Waals surface area contributed by atoms with Crippen LogP contribution in [0.2, 0.25) is 5.02 Å². The van der Waals surface area contributed by atoms with Crippen LogP contribution in [0.4, 0.5) is 16.3 Å². The van der Waals surface area contributed by atoms with Crippen molar-refractivity contribution in [1.29, 1.82) is 0 Å². The van der Waals surface area contributed by atoms with E-state index in [1.807, 2.05) is 0 Å². The molecule has 0 radical (unpaired) electrons. The van der Waals surface area contributed by atoms with E-state index < -0.39 is 6.03 Å². The van der Waals surface area contributed by atoms with E-state index in [0.29, 0.717) is 28.0 Å². The summed E-state index contributed by atoms with van der Waals surface area (Å²) in [6, 6.07) is 7.80. The quantitative estimate of drug-likeness (QED) is 0.908. The fourth-order valence-corrected chi connectivity index (χ4v) is 1.83. The predicted molar refractivity (Wildman–Crippen MR) is 81.4 cm³/mol. The molecule has 0 unspecified atom stereocenters. The topological polar surface area (TPSA) is 72.5 Å². The molecule has 2 rings (SSSR count). The monoisotopic (exact) mass is 307 g/mol. The number of nitrogens with zero attached hydrogens (tertiary/aromatic N) is 1. The Morgan fingerprint density at radius 2 is 1.86 bits per heavy atom. The number of anilines is 2. The molecule has 0 fully saturated rings. The molecular weight excluding hydrogens is 294 g/mol. The molecule has 110 valence electrons. The molecule has 0 aliphatic heterocycles. The van der Waals surface area contributed by atoms with Crippen LogP contribution in [0.15, 0.2) is 36.5 Å². The molecule has 6 nitrogen and oxygen atoms in total. The number of nitrogens with one attached hydrogen (secondary N) is 2.